The molecule has 0 amide bonds. The molecule has 1 aromatic carbocycles. The van der Waals surface area contributed by atoms with Gasteiger partial charge in [0.25, 0.3) is 0 Å². The van der Waals surface area contributed by atoms with Gasteiger partial charge < -0.3 is 11.5 Å². The Labute approximate surface area is 85.6 Å². The van der Waals surface area contributed by atoms with Crippen LogP contribution in [0.4, 0.5) is 11.4 Å². The Morgan fingerprint density at radius 1 is 1.43 bits per heavy atom. The molecule has 70 valence electrons. The molecule has 3 nitrogen and oxygen atoms in total. The van der Waals surface area contributed by atoms with E-state index in [9.17, 15) is 0 Å². The Balaban J connectivity index is 2.79. The van der Waals surface area contributed by atoms with Crippen LogP contribution in [0.25, 0.3) is 10.1 Å². The molecule has 4 heteroatoms. The first-order chi connectivity index (χ1) is 6.74. The zero-order valence-electron chi connectivity index (χ0n) is 7.45. The molecule has 2 rings (SSSR count). The molecule has 0 aliphatic rings. The molecule has 1 heterocycles. The smallest absolute Gasteiger partial charge is 0.0670 e. The first kappa shape index (κ1) is 8.85. The monoisotopic (exact) mass is 203 g/mol. The standard InChI is InChI=1S/C10H9N3S/c11-3-1-6-5-8(12)9(13)7-2-4-14-10(6)7/h2,4-5H,1,12-13H2. The van der Waals surface area contributed by atoms with Crippen LogP contribution in [0.1, 0.15) is 5.56 Å². The Kier molecular flexibility index (Phi) is 2.02. The topological polar surface area (TPSA) is 75.8 Å². The van der Waals surface area contributed by atoms with Crippen molar-refractivity contribution in [3.05, 3.63) is 23.1 Å². The minimum absolute atomic E-state index is 0.376. The van der Waals surface area contributed by atoms with Crippen LogP contribution in [0.3, 0.4) is 0 Å². The second kappa shape index (κ2) is 3.20. The molecule has 0 fully saturated rings. The highest BCUT2D eigenvalue weighted by molar-refractivity contribution is 7.17. The van der Waals surface area contributed by atoms with Crippen LogP contribution in [0.2, 0.25) is 0 Å². The lowest BCUT2D eigenvalue weighted by Crippen LogP contribution is -1.96. The van der Waals surface area contributed by atoms with Gasteiger partial charge in [-0.05, 0) is 23.1 Å². The highest BCUT2D eigenvalue weighted by Crippen LogP contribution is 2.33. The molecule has 0 spiro atoms. The number of thiophene rings is 1. The largest absolute Gasteiger partial charge is 0.397 e. The zero-order chi connectivity index (χ0) is 10.1. The molecule has 0 unspecified atom stereocenters. The molecular formula is C10H9N3S. The Bertz CT molecular complexity index is 522. The Hall–Kier alpha value is -1.73. The van der Waals surface area contributed by atoms with Gasteiger partial charge in [0.2, 0.25) is 0 Å². The summed E-state index contributed by atoms with van der Waals surface area (Å²) in [7, 11) is 0. The van der Waals surface area contributed by atoms with Gasteiger partial charge in [0, 0.05) is 10.1 Å². The zero-order valence-corrected chi connectivity index (χ0v) is 8.27. The molecule has 2 aromatic rings. The van der Waals surface area contributed by atoms with Crippen molar-refractivity contribution in [2.45, 2.75) is 6.42 Å². The minimum Gasteiger partial charge on any atom is -0.397 e. The Morgan fingerprint density at radius 3 is 2.93 bits per heavy atom. The number of hydrogen-bond acceptors (Lipinski definition) is 4. The van der Waals surface area contributed by atoms with Crippen LogP contribution >= 0.6 is 11.3 Å². The SMILES string of the molecule is N#CCc1cc(N)c(N)c2ccsc12. The number of nitrogens with zero attached hydrogens (tertiary/aromatic N) is 1. The van der Waals surface area contributed by atoms with Crippen LogP contribution in [-0.2, 0) is 6.42 Å². The number of nitriles is 1. The van der Waals surface area contributed by atoms with Crippen molar-refractivity contribution < 1.29 is 0 Å². The first-order valence-corrected chi connectivity index (χ1v) is 5.03. The molecule has 0 bridgehead atoms. The van der Waals surface area contributed by atoms with Crippen molar-refractivity contribution >= 4 is 32.8 Å². The van der Waals surface area contributed by atoms with Gasteiger partial charge in [-0.3, -0.25) is 0 Å². The van der Waals surface area contributed by atoms with E-state index in [0.717, 1.165) is 15.6 Å². The van der Waals surface area contributed by atoms with E-state index in [2.05, 4.69) is 6.07 Å². The van der Waals surface area contributed by atoms with Gasteiger partial charge in [0.05, 0.1) is 23.9 Å². The summed E-state index contributed by atoms with van der Waals surface area (Å²) in [5.74, 6) is 0. The van der Waals surface area contributed by atoms with Gasteiger partial charge in [0.15, 0.2) is 0 Å². The summed E-state index contributed by atoms with van der Waals surface area (Å²) in [5, 5.41) is 11.6. The van der Waals surface area contributed by atoms with Crippen molar-refractivity contribution in [3.63, 3.8) is 0 Å². The van der Waals surface area contributed by atoms with E-state index in [1.807, 2.05) is 11.4 Å². The van der Waals surface area contributed by atoms with Crippen LogP contribution in [0.15, 0.2) is 17.5 Å². The summed E-state index contributed by atoms with van der Waals surface area (Å²) >= 11 is 1.59. The third-order valence-corrected chi connectivity index (χ3v) is 3.15. The first-order valence-electron chi connectivity index (χ1n) is 4.15. The summed E-state index contributed by atoms with van der Waals surface area (Å²) < 4.78 is 1.07. The van der Waals surface area contributed by atoms with E-state index in [1.54, 1.807) is 17.4 Å². The number of fused-ring (bicyclic) bond motifs is 1. The number of benzene rings is 1. The van der Waals surface area contributed by atoms with E-state index in [4.69, 9.17) is 16.7 Å². The van der Waals surface area contributed by atoms with Gasteiger partial charge in [-0.15, -0.1) is 11.3 Å². The molecule has 0 aliphatic heterocycles. The number of nitrogens with two attached hydrogens (primary N) is 2. The third kappa shape index (κ3) is 1.19. The van der Waals surface area contributed by atoms with Crippen LogP contribution in [-0.4, -0.2) is 0 Å². The quantitative estimate of drug-likeness (QED) is 0.697. The average Bonchev–Trinajstić information content (AvgIpc) is 2.63. The molecule has 4 N–H and O–H groups in total. The fraction of sp³-hybridized carbons (Fsp3) is 0.100. The maximum atomic E-state index is 8.66. The van der Waals surface area contributed by atoms with Crippen LogP contribution in [0, 0.1) is 11.3 Å². The number of rotatable bonds is 1. The summed E-state index contributed by atoms with van der Waals surface area (Å²) in [6.07, 6.45) is 0.376. The van der Waals surface area contributed by atoms with Gasteiger partial charge in [0.1, 0.15) is 0 Å². The number of hydrogen-bond donors (Lipinski definition) is 2. The average molecular weight is 203 g/mol. The lowest BCUT2D eigenvalue weighted by molar-refractivity contribution is 1.29. The molecule has 1 aromatic heterocycles. The van der Waals surface area contributed by atoms with E-state index in [1.165, 1.54) is 0 Å². The molecule has 0 atom stereocenters. The molecular weight excluding hydrogens is 194 g/mol. The minimum atomic E-state index is 0.376. The highest BCUT2D eigenvalue weighted by atomic mass is 32.1. The maximum Gasteiger partial charge on any atom is 0.0670 e. The van der Waals surface area contributed by atoms with Crippen LogP contribution < -0.4 is 11.5 Å². The van der Waals surface area contributed by atoms with E-state index in [0.29, 0.717) is 17.8 Å². The van der Waals surface area contributed by atoms with Gasteiger partial charge in [-0.1, -0.05) is 0 Å². The van der Waals surface area contributed by atoms with Crippen molar-refractivity contribution in [3.8, 4) is 6.07 Å². The summed E-state index contributed by atoms with van der Waals surface area (Å²) in [6, 6.07) is 5.85. The molecule has 14 heavy (non-hydrogen) atoms. The van der Waals surface area contributed by atoms with Crippen molar-refractivity contribution in [2.75, 3.05) is 11.5 Å². The third-order valence-electron chi connectivity index (χ3n) is 2.16. The normalized spacial score (nSPS) is 10.2. The van der Waals surface area contributed by atoms with Crippen molar-refractivity contribution in [1.29, 1.82) is 5.26 Å². The van der Waals surface area contributed by atoms with Gasteiger partial charge in [-0.25, -0.2) is 0 Å². The fourth-order valence-electron chi connectivity index (χ4n) is 1.47. The van der Waals surface area contributed by atoms with Gasteiger partial charge >= 0.3 is 0 Å². The van der Waals surface area contributed by atoms with E-state index in [-0.39, 0.29) is 0 Å². The van der Waals surface area contributed by atoms with E-state index < -0.39 is 0 Å². The van der Waals surface area contributed by atoms with E-state index >= 15 is 0 Å². The second-order valence-electron chi connectivity index (χ2n) is 3.04. The summed E-state index contributed by atoms with van der Waals surface area (Å²) in [4.78, 5) is 0. The fourth-order valence-corrected chi connectivity index (χ4v) is 2.40. The predicted molar refractivity (Wildman–Crippen MR) is 60.0 cm³/mol. The number of anilines is 2. The molecule has 0 aliphatic carbocycles. The van der Waals surface area contributed by atoms with Crippen molar-refractivity contribution in [2.24, 2.45) is 0 Å². The lowest BCUT2D eigenvalue weighted by Gasteiger charge is -2.05. The number of nitrogen functional groups attached to an aromatic ring is 2. The summed E-state index contributed by atoms with van der Waals surface area (Å²) in [5.41, 5.74) is 13.7. The van der Waals surface area contributed by atoms with Crippen LogP contribution in [0.5, 0.6) is 0 Å². The van der Waals surface area contributed by atoms with Gasteiger partial charge in [-0.2, -0.15) is 5.26 Å². The highest BCUT2D eigenvalue weighted by Gasteiger charge is 2.08. The second-order valence-corrected chi connectivity index (χ2v) is 3.95. The molecule has 0 radical (unpaired) electrons. The predicted octanol–water partition coefficient (Wildman–Crippen LogP) is 2.13. The lowest BCUT2D eigenvalue weighted by atomic mass is 10.1. The maximum absolute atomic E-state index is 8.66. The van der Waals surface area contributed by atoms with Crippen molar-refractivity contribution in [1.82, 2.24) is 0 Å². The molecule has 0 saturated carbocycles. The Morgan fingerprint density at radius 2 is 2.21 bits per heavy atom. The summed E-state index contributed by atoms with van der Waals surface area (Å²) in [6.45, 7) is 0. The molecule has 0 saturated heterocycles.